The van der Waals surface area contributed by atoms with Crippen molar-refractivity contribution in [1.29, 1.82) is 0 Å². The Hall–Kier alpha value is -1.10. The Morgan fingerprint density at radius 3 is 1.96 bits per heavy atom. The van der Waals surface area contributed by atoms with Gasteiger partial charge in [0.05, 0.1) is 0 Å². The van der Waals surface area contributed by atoms with E-state index < -0.39 is 25.0 Å². The molecule has 156 valence electrons. The van der Waals surface area contributed by atoms with Crippen LogP contribution in [0.2, 0.25) is 0 Å². The first kappa shape index (κ1) is 25.9. The van der Waals surface area contributed by atoms with Crippen molar-refractivity contribution in [3.05, 3.63) is 34.9 Å². The van der Waals surface area contributed by atoms with Crippen LogP contribution in [0.15, 0.2) is 34.9 Å². The number of hydrogen-bond donors (Lipinski definition) is 0. The van der Waals surface area contributed by atoms with E-state index in [0.29, 0.717) is 18.4 Å². The summed E-state index contributed by atoms with van der Waals surface area (Å²) in [6, 6.07) is 0. The van der Waals surface area contributed by atoms with Crippen LogP contribution in [-0.2, 0) is 18.4 Å². The highest BCUT2D eigenvalue weighted by Crippen LogP contribution is 2.56. The Labute approximate surface area is 162 Å². The number of rotatable bonds is 12. The minimum Gasteiger partial charge on any atom is -0.312 e. The van der Waals surface area contributed by atoms with Gasteiger partial charge in [0.15, 0.2) is 0 Å². The van der Waals surface area contributed by atoms with Crippen molar-refractivity contribution in [2.45, 2.75) is 71.9 Å². The minimum atomic E-state index is -4.06. The second-order valence-electron chi connectivity index (χ2n) is 6.97. The van der Waals surface area contributed by atoms with Gasteiger partial charge < -0.3 is 9.05 Å². The molecule has 0 aromatic heterocycles. The van der Waals surface area contributed by atoms with Gasteiger partial charge in [-0.25, -0.2) is 0 Å². The summed E-state index contributed by atoms with van der Waals surface area (Å²) in [6.45, 7) is 8.77. The standard InChI is InChI=1S/C20H33F2O4P/c1-15(2)10-8-11-16(3)12-9-13-17(4)14-19(23)20(21,22)18(5)27(24,25-6)26-7/h10,12,14,18H,8-9,11,13H2,1-7H3. The van der Waals surface area contributed by atoms with E-state index in [2.05, 4.69) is 35.0 Å². The number of allylic oxidation sites excluding steroid dienone is 6. The largest absolute Gasteiger partial charge is 0.339 e. The average Bonchev–Trinajstić information content (AvgIpc) is 2.59. The van der Waals surface area contributed by atoms with Crippen LogP contribution in [-0.4, -0.2) is 31.6 Å². The molecule has 0 rings (SSSR count). The Balaban J connectivity index is 4.87. The van der Waals surface area contributed by atoms with Gasteiger partial charge in [-0.15, -0.1) is 0 Å². The van der Waals surface area contributed by atoms with E-state index in [4.69, 9.17) is 0 Å². The van der Waals surface area contributed by atoms with Gasteiger partial charge >= 0.3 is 13.5 Å². The smallest absolute Gasteiger partial charge is 0.312 e. The van der Waals surface area contributed by atoms with Crippen molar-refractivity contribution >= 4 is 13.4 Å². The lowest BCUT2D eigenvalue weighted by atomic mass is 10.0. The summed E-state index contributed by atoms with van der Waals surface area (Å²) in [7, 11) is -2.01. The Morgan fingerprint density at radius 1 is 1.00 bits per heavy atom. The predicted molar refractivity (Wildman–Crippen MR) is 106 cm³/mol. The van der Waals surface area contributed by atoms with Crippen LogP contribution in [0.1, 0.15) is 60.3 Å². The summed E-state index contributed by atoms with van der Waals surface area (Å²) in [5, 5.41) is 0. The second-order valence-corrected chi connectivity index (χ2v) is 9.55. The molecule has 0 saturated carbocycles. The number of carbonyl (C=O) groups is 1. The molecule has 7 heteroatoms. The topological polar surface area (TPSA) is 52.6 Å². The maximum Gasteiger partial charge on any atom is 0.339 e. The van der Waals surface area contributed by atoms with Crippen LogP contribution < -0.4 is 0 Å². The van der Waals surface area contributed by atoms with Crippen molar-refractivity contribution in [3.8, 4) is 0 Å². The van der Waals surface area contributed by atoms with Gasteiger partial charge in [0.2, 0.25) is 5.78 Å². The maximum atomic E-state index is 14.4. The zero-order valence-electron chi connectivity index (χ0n) is 17.5. The van der Waals surface area contributed by atoms with Crippen LogP contribution in [0.25, 0.3) is 0 Å². The van der Waals surface area contributed by atoms with Gasteiger partial charge in [-0.3, -0.25) is 9.36 Å². The zero-order chi connectivity index (χ0) is 21.3. The fourth-order valence-corrected chi connectivity index (χ4v) is 3.73. The Morgan fingerprint density at radius 2 is 1.48 bits per heavy atom. The van der Waals surface area contributed by atoms with Crippen molar-refractivity contribution in [3.63, 3.8) is 0 Å². The molecule has 0 spiro atoms. The van der Waals surface area contributed by atoms with E-state index in [9.17, 15) is 18.1 Å². The fourth-order valence-electron chi connectivity index (χ4n) is 2.42. The molecule has 0 saturated heterocycles. The molecule has 0 N–H and O–H groups in total. The van der Waals surface area contributed by atoms with Crippen molar-refractivity contribution in [2.24, 2.45) is 0 Å². The summed E-state index contributed by atoms with van der Waals surface area (Å²) in [4.78, 5) is 12.0. The first-order chi connectivity index (χ1) is 12.4. The van der Waals surface area contributed by atoms with Crippen molar-refractivity contribution in [1.82, 2.24) is 0 Å². The van der Waals surface area contributed by atoms with E-state index in [-0.39, 0.29) is 0 Å². The molecule has 0 aliphatic heterocycles. The molecule has 0 aromatic rings. The molecule has 0 amide bonds. The molecule has 0 radical (unpaired) electrons. The summed E-state index contributed by atoms with van der Waals surface area (Å²) >= 11 is 0. The predicted octanol–water partition coefficient (Wildman–Crippen LogP) is 6.48. The highest BCUT2D eigenvalue weighted by atomic mass is 31.2. The zero-order valence-corrected chi connectivity index (χ0v) is 18.4. The van der Waals surface area contributed by atoms with Gasteiger partial charge in [-0.05, 0) is 66.4 Å². The third kappa shape index (κ3) is 8.63. The molecular formula is C20H33F2O4P. The van der Waals surface area contributed by atoms with Crippen LogP contribution in [0.4, 0.5) is 8.78 Å². The summed E-state index contributed by atoms with van der Waals surface area (Å²) in [6.07, 6.45) is 8.26. The van der Waals surface area contributed by atoms with Crippen LogP contribution in [0, 0.1) is 0 Å². The molecule has 0 aromatic carbocycles. The lowest BCUT2D eigenvalue weighted by Gasteiger charge is -2.26. The molecule has 1 atom stereocenters. The Kier molecular flexibility index (Phi) is 11.2. The highest BCUT2D eigenvalue weighted by Gasteiger charge is 2.53. The van der Waals surface area contributed by atoms with E-state index in [1.54, 1.807) is 6.92 Å². The molecule has 0 bridgehead atoms. The van der Waals surface area contributed by atoms with Gasteiger partial charge in [0, 0.05) is 14.2 Å². The summed E-state index contributed by atoms with van der Waals surface area (Å²) < 4.78 is 50.1. The average molecular weight is 406 g/mol. The number of halogens is 2. The minimum absolute atomic E-state index is 0.502. The molecule has 0 aliphatic carbocycles. The first-order valence-electron chi connectivity index (χ1n) is 9.00. The molecule has 0 fully saturated rings. The lowest BCUT2D eigenvalue weighted by Crippen LogP contribution is -2.39. The SMILES string of the molecule is COP(=O)(OC)C(C)C(F)(F)C(=O)C=C(C)CCC=C(C)CCC=C(C)C. The molecule has 0 heterocycles. The lowest BCUT2D eigenvalue weighted by molar-refractivity contribution is -0.138. The quantitative estimate of drug-likeness (QED) is 0.211. The molecule has 1 unspecified atom stereocenters. The van der Waals surface area contributed by atoms with E-state index >= 15 is 0 Å². The monoisotopic (exact) mass is 406 g/mol. The Bertz CT molecular complexity index is 624. The second kappa shape index (κ2) is 11.7. The number of ketones is 1. The molecule has 0 aliphatic rings. The van der Waals surface area contributed by atoms with E-state index in [1.165, 1.54) is 11.1 Å². The number of alkyl halides is 2. The molecule has 27 heavy (non-hydrogen) atoms. The number of carbonyl (C=O) groups excluding carboxylic acids is 1. The van der Waals surface area contributed by atoms with Crippen molar-refractivity contribution in [2.75, 3.05) is 14.2 Å². The van der Waals surface area contributed by atoms with E-state index in [0.717, 1.165) is 40.1 Å². The van der Waals surface area contributed by atoms with E-state index in [1.807, 2.05) is 6.92 Å². The fraction of sp³-hybridized carbons (Fsp3) is 0.650. The molecular weight excluding hydrogens is 373 g/mol. The van der Waals surface area contributed by atoms with Crippen LogP contribution in [0.3, 0.4) is 0 Å². The normalized spacial score (nSPS) is 14.9. The first-order valence-corrected chi connectivity index (χ1v) is 10.6. The van der Waals surface area contributed by atoms with Gasteiger partial charge in [0.1, 0.15) is 5.66 Å². The van der Waals surface area contributed by atoms with Crippen LogP contribution >= 0.6 is 7.60 Å². The van der Waals surface area contributed by atoms with Crippen LogP contribution in [0.5, 0.6) is 0 Å². The highest BCUT2D eigenvalue weighted by molar-refractivity contribution is 7.54. The third-order valence-corrected chi connectivity index (χ3v) is 6.63. The van der Waals surface area contributed by atoms with Crippen molar-refractivity contribution < 1.29 is 27.2 Å². The third-order valence-electron chi connectivity index (χ3n) is 4.34. The van der Waals surface area contributed by atoms with Gasteiger partial charge in [0.25, 0.3) is 0 Å². The van der Waals surface area contributed by atoms with Gasteiger partial charge in [-0.1, -0.05) is 28.9 Å². The maximum absolute atomic E-state index is 14.4. The molecule has 4 nitrogen and oxygen atoms in total. The summed E-state index contributed by atoms with van der Waals surface area (Å²) in [5.74, 6) is -5.22. The van der Waals surface area contributed by atoms with Gasteiger partial charge in [-0.2, -0.15) is 8.78 Å². The summed E-state index contributed by atoms with van der Waals surface area (Å²) in [5.41, 5.74) is 1.19. The number of hydrogen-bond acceptors (Lipinski definition) is 4.